The number of anilines is 1. The molecule has 7 nitrogen and oxygen atoms in total. The van der Waals surface area contributed by atoms with Crippen LogP contribution in [0.2, 0.25) is 0 Å². The molecule has 220 valence electrons. The number of amides is 2. The molecule has 0 radical (unpaired) electrons. The van der Waals surface area contributed by atoms with Gasteiger partial charge in [0.05, 0.1) is 10.6 Å². The van der Waals surface area contributed by atoms with E-state index in [0.717, 1.165) is 21.0 Å². The van der Waals surface area contributed by atoms with Gasteiger partial charge >= 0.3 is 0 Å². The summed E-state index contributed by atoms with van der Waals surface area (Å²) in [7, 11) is -4.09. The van der Waals surface area contributed by atoms with Crippen LogP contribution in [0.15, 0.2) is 83.8 Å². The number of nitrogens with zero attached hydrogens (tertiary/aromatic N) is 2. The van der Waals surface area contributed by atoms with Gasteiger partial charge in [-0.2, -0.15) is 0 Å². The van der Waals surface area contributed by atoms with Crippen LogP contribution in [0.4, 0.5) is 5.69 Å². The zero-order valence-electron chi connectivity index (χ0n) is 25.0. The third kappa shape index (κ3) is 8.19. The van der Waals surface area contributed by atoms with Crippen LogP contribution in [-0.2, 0) is 26.2 Å². The minimum atomic E-state index is -4.09. The minimum absolute atomic E-state index is 0.0907. The van der Waals surface area contributed by atoms with Crippen molar-refractivity contribution >= 4 is 27.5 Å². The molecule has 0 saturated carbocycles. The number of sulfonamides is 1. The first-order valence-electron chi connectivity index (χ1n) is 14.2. The number of carbonyl (C=O) groups is 2. The van der Waals surface area contributed by atoms with Gasteiger partial charge in [-0.15, -0.1) is 0 Å². The molecule has 0 heterocycles. The molecule has 1 unspecified atom stereocenters. The quantitative estimate of drug-likeness (QED) is 0.274. The molecule has 0 saturated heterocycles. The molecule has 0 fully saturated rings. The van der Waals surface area contributed by atoms with Crippen LogP contribution in [0.5, 0.6) is 0 Å². The van der Waals surface area contributed by atoms with Crippen molar-refractivity contribution in [2.45, 2.75) is 71.4 Å². The van der Waals surface area contributed by atoms with Gasteiger partial charge in [-0.05, 0) is 66.1 Å². The SMILES string of the molecule is CCC(C(=O)NCC(C)C)N(Cc1ccccc1C)C(=O)CN(c1ccc(C(C)C)cc1)S(=O)(=O)c1ccccc1. The molecule has 0 aromatic heterocycles. The molecule has 3 aromatic rings. The Morgan fingerprint density at radius 2 is 1.46 bits per heavy atom. The van der Waals surface area contributed by atoms with Crippen LogP contribution in [0.3, 0.4) is 0 Å². The second-order valence-electron chi connectivity index (χ2n) is 11.1. The molecular weight excluding hydrogens is 534 g/mol. The lowest BCUT2D eigenvalue weighted by Gasteiger charge is -2.33. The van der Waals surface area contributed by atoms with Gasteiger partial charge in [-0.1, -0.05) is 89.2 Å². The number of nitrogens with one attached hydrogen (secondary N) is 1. The third-order valence-corrected chi connectivity index (χ3v) is 8.92. The molecule has 0 spiro atoms. The number of benzene rings is 3. The number of rotatable bonds is 13. The number of hydrogen-bond acceptors (Lipinski definition) is 4. The standard InChI is InChI=1S/C33H43N3O4S/c1-7-31(33(38)34-21-24(2)3)35(22-28-14-12-11-13-26(28)6)32(37)23-36(29-19-17-27(18-20-29)25(4)5)41(39,40)30-15-9-8-10-16-30/h8-20,24-25,31H,7,21-23H2,1-6H3,(H,34,38). The van der Waals surface area contributed by atoms with Crippen molar-refractivity contribution in [3.8, 4) is 0 Å². The molecule has 0 aliphatic carbocycles. The zero-order valence-corrected chi connectivity index (χ0v) is 25.8. The fraction of sp³-hybridized carbons (Fsp3) is 0.394. The molecule has 41 heavy (non-hydrogen) atoms. The summed E-state index contributed by atoms with van der Waals surface area (Å²) < 4.78 is 29.0. The highest BCUT2D eigenvalue weighted by molar-refractivity contribution is 7.92. The third-order valence-electron chi connectivity index (χ3n) is 7.13. The average molecular weight is 578 g/mol. The van der Waals surface area contributed by atoms with Gasteiger partial charge in [0.15, 0.2) is 0 Å². The Bertz CT molecular complexity index is 1400. The summed E-state index contributed by atoms with van der Waals surface area (Å²) in [5, 5.41) is 2.96. The Hall–Kier alpha value is -3.65. The largest absolute Gasteiger partial charge is 0.354 e. The van der Waals surface area contributed by atoms with Crippen molar-refractivity contribution in [2.24, 2.45) is 5.92 Å². The van der Waals surface area contributed by atoms with Gasteiger partial charge in [0.2, 0.25) is 11.8 Å². The van der Waals surface area contributed by atoms with E-state index in [2.05, 4.69) is 19.2 Å². The molecule has 2 amide bonds. The molecule has 1 atom stereocenters. The summed E-state index contributed by atoms with van der Waals surface area (Å²) in [5.74, 6) is -0.185. The number of aryl methyl sites for hydroxylation is 1. The lowest BCUT2D eigenvalue weighted by Crippen LogP contribution is -2.52. The van der Waals surface area contributed by atoms with Crippen LogP contribution in [0.1, 0.15) is 63.6 Å². The molecule has 0 aliphatic heterocycles. The first-order valence-corrected chi connectivity index (χ1v) is 15.7. The highest BCUT2D eigenvalue weighted by atomic mass is 32.2. The normalized spacial score (nSPS) is 12.3. The number of carbonyl (C=O) groups excluding carboxylic acids is 2. The van der Waals surface area contributed by atoms with Crippen LogP contribution in [-0.4, -0.2) is 44.3 Å². The highest BCUT2D eigenvalue weighted by Gasteiger charge is 2.33. The van der Waals surface area contributed by atoms with Crippen molar-refractivity contribution in [3.63, 3.8) is 0 Å². The Balaban J connectivity index is 2.06. The second kappa shape index (κ2) is 14.3. The van der Waals surface area contributed by atoms with E-state index >= 15 is 0 Å². The summed E-state index contributed by atoms with van der Waals surface area (Å²) in [5.41, 5.74) is 3.33. The fourth-order valence-electron chi connectivity index (χ4n) is 4.59. The lowest BCUT2D eigenvalue weighted by molar-refractivity contribution is -0.140. The van der Waals surface area contributed by atoms with E-state index in [9.17, 15) is 18.0 Å². The Labute approximate surface area is 245 Å². The fourth-order valence-corrected chi connectivity index (χ4v) is 6.02. The van der Waals surface area contributed by atoms with Crippen LogP contribution in [0, 0.1) is 12.8 Å². The molecular formula is C33H43N3O4S. The van der Waals surface area contributed by atoms with Gasteiger partial charge in [-0.25, -0.2) is 8.42 Å². The predicted molar refractivity (Wildman–Crippen MR) is 165 cm³/mol. The van der Waals surface area contributed by atoms with E-state index in [-0.39, 0.29) is 29.2 Å². The van der Waals surface area contributed by atoms with Crippen molar-refractivity contribution in [2.75, 3.05) is 17.4 Å². The summed E-state index contributed by atoms with van der Waals surface area (Å²) >= 11 is 0. The second-order valence-corrected chi connectivity index (χ2v) is 12.9. The summed E-state index contributed by atoms with van der Waals surface area (Å²) in [6, 6.07) is 22.3. The number of hydrogen-bond donors (Lipinski definition) is 1. The highest BCUT2D eigenvalue weighted by Crippen LogP contribution is 2.27. The maximum absolute atomic E-state index is 14.2. The Morgan fingerprint density at radius 1 is 0.854 bits per heavy atom. The van der Waals surface area contributed by atoms with E-state index < -0.39 is 28.5 Å². The van der Waals surface area contributed by atoms with Crippen molar-refractivity contribution in [1.82, 2.24) is 10.2 Å². The Kier molecular flexibility index (Phi) is 11.1. The first-order chi connectivity index (χ1) is 19.4. The Morgan fingerprint density at radius 3 is 2.02 bits per heavy atom. The molecule has 0 aliphatic rings. The summed E-state index contributed by atoms with van der Waals surface area (Å²) in [4.78, 5) is 29.1. The maximum atomic E-state index is 14.2. The maximum Gasteiger partial charge on any atom is 0.264 e. The minimum Gasteiger partial charge on any atom is -0.354 e. The topological polar surface area (TPSA) is 86.8 Å². The summed E-state index contributed by atoms with van der Waals surface area (Å²) in [6.45, 7) is 12.2. The monoisotopic (exact) mass is 577 g/mol. The van der Waals surface area contributed by atoms with Gasteiger partial charge in [0, 0.05) is 13.1 Å². The van der Waals surface area contributed by atoms with E-state index in [0.29, 0.717) is 18.7 Å². The van der Waals surface area contributed by atoms with Crippen LogP contribution < -0.4 is 9.62 Å². The first kappa shape index (κ1) is 31.9. The smallest absolute Gasteiger partial charge is 0.264 e. The van der Waals surface area contributed by atoms with Crippen molar-refractivity contribution < 1.29 is 18.0 Å². The van der Waals surface area contributed by atoms with E-state index in [1.165, 1.54) is 17.0 Å². The van der Waals surface area contributed by atoms with Gasteiger partial charge in [-0.3, -0.25) is 13.9 Å². The molecule has 1 N–H and O–H groups in total. The van der Waals surface area contributed by atoms with Crippen molar-refractivity contribution in [1.29, 1.82) is 0 Å². The summed E-state index contributed by atoms with van der Waals surface area (Å²) in [6.07, 6.45) is 0.385. The van der Waals surface area contributed by atoms with Gasteiger partial charge in [0.25, 0.3) is 10.0 Å². The molecule has 0 bridgehead atoms. The van der Waals surface area contributed by atoms with Crippen LogP contribution in [0.25, 0.3) is 0 Å². The van der Waals surface area contributed by atoms with Crippen LogP contribution >= 0.6 is 0 Å². The average Bonchev–Trinajstić information content (AvgIpc) is 2.96. The van der Waals surface area contributed by atoms with E-state index in [1.807, 2.05) is 64.1 Å². The lowest BCUT2D eigenvalue weighted by atomic mass is 10.0. The zero-order chi connectivity index (χ0) is 30.2. The van der Waals surface area contributed by atoms with E-state index in [4.69, 9.17) is 0 Å². The molecule has 3 rings (SSSR count). The predicted octanol–water partition coefficient (Wildman–Crippen LogP) is 5.89. The van der Waals surface area contributed by atoms with Crippen molar-refractivity contribution in [3.05, 3.63) is 95.6 Å². The van der Waals surface area contributed by atoms with Gasteiger partial charge in [0.1, 0.15) is 12.6 Å². The van der Waals surface area contributed by atoms with Gasteiger partial charge < -0.3 is 10.2 Å². The molecule has 8 heteroatoms. The van der Waals surface area contributed by atoms with E-state index in [1.54, 1.807) is 30.3 Å². The molecule has 3 aromatic carbocycles.